The molecule has 0 aromatic carbocycles. The second-order valence-corrected chi connectivity index (χ2v) is 3.30. The molecule has 0 aliphatic heterocycles. The Bertz CT molecular complexity index is 166. The minimum absolute atomic E-state index is 0.120. The van der Waals surface area contributed by atoms with E-state index in [2.05, 4.69) is 0 Å². The van der Waals surface area contributed by atoms with Crippen LogP contribution in [-0.2, 0) is 4.79 Å². The van der Waals surface area contributed by atoms with Crippen molar-refractivity contribution < 1.29 is 9.90 Å². The van der Waals surface area contributed by atoms with Gasteiger partial charge in [-0.2, -0.15) is 0 Å². The first kappa shape index (κ1) is 9.52. The Labute approximate surface area is 73.4 Å². The summed E-state index contributed by atoms with van der Waals surface area (Å²) in [6, 6.07) is 0. The predicted molar refractivity (Wildman–Crippen MR) is 46.6 cm³/mol. The van der Waals surface area contributed by atoms with Crippen molar-refractivity contribution in [2.24, 2.45) is 11.8 Å². The van der Waals surface area contributed by atoms with Crippen LogP contribution in [0.15, 0.2) is 0 Å². The molecule has 0 saturated heterocycles. The summed E-state index contributed by atoms with van der Waals surface area (Å²) in [5, 5.41) is 8.78. The molecule has 0 heterocycles. The van der Waals surface area contributed by atoms with Crippen molar-refractivity contribution in [3.63, 3.8) is 0 Å². The van der Waals surface area contributed by atoms with Crippen molar-refractivity contribution in [2.45, 2.75) is 20.3 Å². The highest BCUT2D eigenvalue weighted by Crippen LogP contribution is 2.39. The van der Waals surface area contributed by atoms with Crippen molar-refractivity contribution in [1.82, 2.24) is 4.90 Å². The zero-order chi connectivity index (χ0) is 9.14. The van der Waals surface area contributed by atoms with E-state index in [1.165, 1.54) is 0 Å². The Hall–Kier alpha value is -0.570. The third-order valence-electron chi connectivity index (χ3n) is 2.55. The Kier molecular flexibility index (Phi) is 3.09. The van der Waals surface area contributed by atoms with Crippen molar-refractivity contribution in [1.29, 1.82) is 0 Å². The number of aliphatic hydroxyl groups excluding tert-OH is 1. The SMILES string of the molecule is CCN(CC)C(=O)[C@H]1C[C@H]1CO. The highest BCUT2D eigenvalue weighted by molar-refractivity contribution is 5.81. The van der Waals surface area contributed by atoms with Crippen LogP contribution < -0.4 is 0 Å². The summed E-state index contributed by atoms with van der Waals surface area (Å²) < 4.78 is 0. The molecule has 0 radical (unpaired) electrons. The molecule has 2 atom stereocenters. The van der Waals surface area contributed by atoms with E-state index < -0.39 is 0 Å². The van der Waals surface area contributed by atoms with E-state index >= 15 is 0 Å². The van der Waals surface area contributed by atoms with Crippen LogP contribution in [0.2, 0.25) is 0 Å². The summed E-state index contributed by atoms with van der Waals surface area (Å²) in [5.74, 6) is 0.590. The molecule has 0 spiro atoms. The topological polar surface area (TPSA) is 40.5 Å². The lowest BCUT2D eigenvalue weighted by molar-refractivity contribution is -0.132. The molecule has 12 heavy (non-hydrogen) atoms. The van der Waals surface area contributed by atoms with Crippen molar-refractivity contribution in [3.8, 4) is 0 Å². The Morgan fingerprint density at radius 1 is 1.50 bits per heavy atom. The molecule has 0 unspecified atom stereocenters. The average Bonchev–Trinajstić information content (AvgIpc) is 2.85. The van der Waals surface area contributed by atoms with Crippen LogP contribution in [0, 0.1) is 11.8 Å². The number of hydrogen-bond donors (Lipinski definition) is 1. The first-order chi connectivity index (χ1) is 5.74. The fourth-order valence-corrected chi connectivity index (χ4v) is 1.52. The number of carbonyl (C=O) groups is 1. The highest BCUT2D eigenvalue weighted by Gasteiger charge is 2.43. The summed E-state index contributed by atoms with van der Waals surface area (Å²) in [5.41, 5.74) is 0. The van der Waals surface area contributed by atoms with Crippen LogP contribution in [-0.4, -0.2) is 35.6 Å². The molecule has 3 nitrogen and oxygen atoms in total. The van der Waals surface area contributed by atoms with Gasteiger partial charge in [-0.1, -0.05) is 0 Å². The second-order valence-electron chi connectivity index (χ2n) is 3.30. The number of hydrogen-bond acceptors (Lipinski definition) is 2. The monoisotopic (exact) mass is 171 g/mol. The van der Waals surface area contributed by atoms with Crippen LogP contribution >= 0.6 is 0 Å². The molecule has 0 bridgehead atoms. The maximum atomic E-state index is 11.6. The zero-order valence-electron chi connectivity index (χ0n) is 7.79. The molecule has 1 N–H and O–H groups in total. The van der Waals surface area contributed by atoms with E-state index in [4.69, 9.17) is 5.11 Å². The summed E-state index contributed by atoms with van der Waals surface area (Å²) >= 11 is 0. The number of amides is 1. The smallest absolute Gasteiger partial charge is 0.226 e. The van der Waals surface area contributed by atoms with Crippen molar-refractivity contribution in [2.75, 3.05) is 19.7 Å². The first-order valence-electron chi connectivity index (χ1n) is 4.64. The normalized spacial score (nSPS) is 26.9. The zero-order valence-corrected chi connectivity index (χ0v) is 7.79. The number of aliphatic hydroxyl groups is 1. The van der Waals surface area contributed by atoms with Crippen molar-refractivity contribution in [3.05, 3.63) is 0 Å². The lowest BCUT2D eigenvalue weighted by Crippen LogP contribution is -2.32. The van der Waals surface area contributed by atoms with Gasteiger partial charge in [0.15, 0.2) is 0 Å². The number of rotatable bonds is 4. The maximum Gasteiger partial charge on any atom is 0.226 e. The number of carbonyl (C=O) groups excluding carboxylic acids is 1. The first-order valence-corrected chi connectivity index (χ1v) is 4.64. The summed E-state index contributed by atoms with van der Waals surface area (Å²) in [6.45, 7) is 5.70. The van der Waals surface area contributed by atoms with Gasteiger partial charge in [-0.3, -0.25) is 4.79 Å². The Morgan fingerprint density at radius 3 is 2.42 bits per heavy atom. The van der Waals surface area contributed by atoms with Gasteiger partial charge in [-0.05, 0) is 26.2 Å². The van der Waals surface area contributed by atoms with Gasteiger partial charge in [-0.15, -0.1) is 0 Å². The van der Waals surface area contributed by atoms with Crippen molar-refractivity contribution >= 4 is 5.91 Å². The minimum atomic E-state index is 0.120. The van der Waals surface area contributed by atoms with Crippen LogP contribution in [0.3, 0.4) is 0 Å². The van der Waals surface area contributed by atoms with E-state index in [0.29, 0.717) is 0 Å². The van der Waals surface area contributed by atoms with E-state index in [1.807, 2.05) is 18.7 Å². The molecule has 0 aromatic rings. The van der Waals surface area contributed by atoms with Gasteiger partial charge in [0.05, 0.1) is 0 Å². The molecule has 70 valence electrons. The Balaban J connectivity index is 2.38. The summed E-state index contributed by atoms with van der Waals surface area (Å²) in [7, 11) is 0. The van der Waals surface area contributed by atoms with Gasteiger partial charge < -0.3 is 10.0 Å². The van der Waals surface area contributed by atoms with Gasteiger partial charge in [0.2, 0.25) is 5.91 Å². The van der Waals surface area contributed by atoms with E-state index in [1.54, 1.807) is 0 Å². The van der Waals surface area contributed by atoms with Gasteiger partial charge in [-0.25, -0.2) is 0 Å². The van der Waals surface area contributed by atoms with E-state index in [9.17, 15) is 4.79 Å². The van der Waals surface area contributed by atoms with Crippen LogP contribution in [0.1, 0.15) is 20.3 Å². The number of nitrogens with zero attached hydrogens (tertiary/aromatic N) is 1. The molecule has 0 aromatic heterocycles. The van der Waals surface area contributed by atoms with Gasteiger partial charge in [0, 0.05) is 25.6 Å². The van der Waals surface area contributed by atoms with Gasteiger partial charge in [0.25, 0.3) is 0 Å². The summed E-state index contributed by atoms with van der Waals surface area (Å²) in [6.07, 6.45) is 0.881. The average molecular weight is 171 g/mol. The third kappa shape index (κ3) is 1.78. The quantitative estimate of drug-likeness (QED) is 0.668. The molecule has 3 heteroatoms. The van der Waals surface area contributed by atoms with Crippen LogP contribution in [0.5, 0.6) is 0 Å². The molecule has 1 saturated carbocycles. The van der Waals surface area contributed by atoms with Crippen LogP contribution in [0.4, 0.5) is 0 Å². The predicted octanol–water partition coefficient (Wildman–Crippen LogP) is 0.483. The fraction of sp³-hybridized carbons (Fsp3) is 0.889. The van der Waals surface area contributed by atoms with Gasteiger partial charge in [0.1, 0.15) is 0 Å². The molecule has 1 aliphatic rings. The lowest BCUT2D eigenvalue weighted by atomic mass is 10.3. The molecule has 1 aliphatic carbocycles. The minimum Gasteiger partial charge on any atom is -0.396 e. The molecule has 1 rings (SSSR count). The third-order valence-corrected chi connectivity index (χ3v) is 2.55. The molecule has 1 amide bonds. The molecular weight excluding hydrogens is 154 g/mol. The second kappa shape index (κ2) is 3.90. The summed E-state index contributed by atoms with van der Waals surface area (Å²) in [4.78, 5) is 13.4. The fourth-order valence-electron chi connectivity index (χ4n) is 1.52. The van der Waals surface area contributed by atoms with E-state index in [-0.39, 0.29) is 24.3 Å². The standard InChI is InChI=1S/C9H17NO2/c1-3-10(4-2)9(12)8-5-7(8)6-11/h7-8,11H,3-6H2,1-2H3/t7-,8-/m0/s1. The highest BCUT2D eigenvalue weighted by atomic mass is 16.3. The Morgan fingerprint density at radius 2 is 2.08 bits per heavy atom. The van der Waals surface area contributed by atoms with Crippen LogP contribution in [0.25, 0.3) is 0 Å². The largest absolute Gasteiger partial charge is 0.396 e. The maximum absolute atomic E-state index is 11.6. The van der Waals surface area contributed by atoms with Gasteiger partial charge >= 0.3 is 0 Å². The lowest BCUT2D eigenvalue weighted by Gasteiger charge is -2.18. The van der Waals surface area contributed by atoms with E-state index in [0.717, 1.165) is 19.5 Å². The molecular formula is C9H17NO2. The molecule has 1 fully saturated rings.